The van der Waals surface area contributed by atoms with Crippen LogP contribution in [0.25, 0.3) is 0 Å². The predicted octanol–water partition coefficient (Wildman–Crippen LogP) is 1.49. The molecule has 2 aromatic rings. The molecule has 8 nitrogen and oxygen atoms in total. The van der Waals surface area contributed by atoms with E-state index in [9.17, 15) is 14.7 Å². The topological polar surface area (TPSA) is 97.8 Å². The van der Waals surface area contributed by atoms with E-state index in [0.717, 1.165) is 5.56 Å². The van der Waals surface area contributed by atoms with Gasteiger partial charge in [-0.15, -0.1) is 0 Å². The van der Waals surface area contributed by atoms with Crippen LogP contribution >= 0.6 is 0 Å². The minimum Gasteiger partial charge on any atom is -0.478 e. The van der Waals surface area contributed by atoms with Gasteiger partial charge in [-0.05, 0) is 0 Å². The fraction of sp³-hybridized carbons (Fsp3) is 0.438. The Bertz CT molecular complexity index is 764. The van der Waals surface area contributed by atoms with E-state index in [-0.39, 0.29) is 23.3 Å². The summed E-state index contributed by atoms with van der Waals surface area (Å²) in [5.74, 6) is -1.06. The Morgan fingerprint density at radius 2 is 2.25 bits per heavy atom. The number of nitrogens with zero attached hydrogens (tertiary/aromatic N) is 3. The zero-order chi connectivity index (χ0) is 17.3. The van der Waals surface area contributed by atoms with Crippen LogP contribution in [-0.4, -0.2) is 51.4 Å². The Morgan fingerprint density at radius 1 is 1.46 bits per heavy atom. The van der Waals surface area contributed by atoms with Crippen LogP contribution in [0.5, 0.6) is 0 Å². The Labute approximate surface area is 138 Å². The molecule has 0 saturated carbocycles. The number of hydrogen-bond acceptors (Lipinski definition) is 5. The summed E-state index contributed by atoms with van der Waals surface area (Å²) >= 11 is 0. The first-order valence-corrected chi connectivity index (χ1v) is 7.75. The maximum atomic E-state index is 12.6. The van der Waals surface area contributed by atoms with Crippen LogP contribution in [0, 0.1) is 0 Å². The fourth-order valence-electron chi connectivity index (χ4n) is 2.78. The van der Waals surface area contributed by atoms with Crippen molar-refractivity contribution in [1.82, 2.24) is 14.7 Å². The molecule has 0 aromatic carbocycles. The van der Waals surface area contributed by atoms with Crippen molar-refractivity contribution in [2.75, 3.05) is 19.7 Å². The summed E-state index contributed by atoms with van der Waals surface area (Å²) in [7, 11) is 1.82. The number of aryl methyl sites for hydroxylation is 2. The smallest absolute Gasteiger partial charge is 0.339 e. The van der Waals surface area contributed by atoms with Crippen molar-refractivity contribution in [2.45, 2.75) is 19.4 Å². The van der Waals surface area contributed by atoms with Crippen molar-refractivity contribution in [3.63, 3.8) is 0 Å². The van der Waals surface area contributed by atoms with E-state index < -0.39 is 5.97 Å². The van der Waals surface area contributed by atoms with Gasteiger partial charge in [0.1, 0.15) is 17.4 Å². The Kier molecular flexibility index (Phi) is 4.39. The molecule has 8 heteroatoms. The lowest BCUT2D eigenvalue weighted by Gasteiger charge is -2.32. The monoisotopic (exact) mass is 333 g/mol. The molecule has 1 saturated heterocycles. The highest BCUT2D eigenvalue weighted by Gasteiger charge is 2.29. The number of carboxylic acid groups (broad SMARTS) is 1. The third-order valence-electron chi connectivity index (χ3n) is 4.02. The van der Waals surface area contributed by atoms with Crippen LogP contribution in [0.15, 0.2) is 22.9 Å². The fourth-order valence-corrected chi connectivity index (χ4v) is 2.78. The molecule has 24 heavy (non-hydrogen) atoms. The SMILES string of the molecule is CCc1oc(C(=O)N2CCO[C@@H](c3cnn(C)c3)C2)cc1C(=O)O. The van der Waals surface area contributed by atoms with Crippen LogP contribution < -0.4 is 0 Å². The van der Waals surface area contributed by atoms with Crippen LogP contribution in [-0.2, 0) is 18.2 Å². The van der Waals surface area contributed by atoms with E-state index in [1.54, 1.807) is 22.7 Å². The molecule has 1 atom stereocenters. The average molecular weight is 333 g/mol. The highest BCUT2D eigenvalue weighted by molar-refractivity contribution is 5.96. The lowest BCUT2D eigenvalue weighted by atomic mass is 10.1. The van der Waals surface area contributed by atoms with E-state index in [0.29, 0.717) is 31.9 Å². The maximum absolute atomic E-state index is 12.6. The molecule has 3 rings (SSSR count). The van der Waals surface area contributed by atoms with Crippen molar-refractivity contribution in [3.8, 4) is 0 Å². The number of carbonyl (C=O) groups is 2. The number of aromatic nitrogens is 2. The number of ether oxygens (including phenoxy) is 1. The zero-order valence-corrected chi connectivity index (χ0v) is 13.6. The number of furan rings is 1. The molecular weight excluding hydrogens is 314 g/mol. The van der Waals surface area contributed by atoms with Crippen molar-refractivity contribution < 1.29 is 23.8 Å². The largest absolute Gasteiger partial charge is 0.478 e. The van der Waals surface area contributed by atoms with Gasteiger partial charge < -0.3 is 19.2 Å². The molecule has 0 bridgehead atoms. The predicted molar refractivity (Wildman–Crippen MR) is 82.8 cm³/mol. The number of carboxylic acids is 1. The number of rotatable bonds is 4. The van der Waals surface area contributed by atoms with Gasteiger partial charge >= 0.3 is 5.97 Å². The van der Waals surface area contributed by atoms with Crippen molar-refractivity contribution in [2.24, 2.45) is 7.05 Å². The Balaban J connectivity index is 1.78. The average Bonchev–Trinajstić information content (AvgIpc) is 3.20. The Hall–Kier alpha value is -2.61. The summed E-state index contributed by atoms with van der Waals surface area (Å²) in [6.45, 7) is 2.99. The summed E-state index contributed by atoms with van der Waals surface area (Å²) < 4.78 is 12.8. The molecule has 1 aliphatic heterocycles. The lowest BCUT2D eigenvalue weighted by molar-refractivity contribution is -0.0238. The van der Waals surface area contributed by atoms with Gasteiger partial charge in [-0.2, -0.15) is 5.10 Å². The zero-order valence-electron chi connectivity index (χ0n) is 13.6. The standard InChI is InChI=1S/C16H19N3O5/c1-3-12-11(16(21)22)6-13(24-12)15(20)19-4-5-23-14(9-19)10-7-17-18(2)8-10/h6-8,14H,3-5,9H2,1-2H3,(H,21,22)/t14-/m1/s1. The molecule has 3 heterocycles. The molecule has 128 valence electrons. The summed E-state index contributed by atoms with van der Waals surface area (Å²) in [6.07, 6.45) is 3.72. The van der Waals surface area contributed by atoms with Crippen LogP contribution in [0.3, 0.4) is 0 Å². The summed E-state index contributed by atoms with van der Waals surface area (Å²) in [5.41, 5.74) is 0.938. The molecule has 2 aromatic heterocycles. The molecule has 1 fully saturated rings. The molecule has 0 spiro atoms. The molecule has 0 unspecified atom stereocenters. The van der Waals surface area contributed by atoms with E-state index in [1.165, 1.54) is 6.07 Å². The van der Waals surface area contributed by atoms with Crippen molar-refractivity contribution >= 4 is 11.9 Å². The van der Waals surface area contributed by atoms with Gasteiger partial charge in [0.25, 0.3) is 5.91 Å². The van der Waals surface area contributed by atoms with Gasteiger partial charge in [-0.3, -0.25) is 9.48 Å². The normalized spacial score (nSPS) is 17.9. The van der Waals surface area contributed by atoms with Gasteiger partial charge in [0, 0.05) is 37.8 Å². The quantitative estimate of drug-likeness (QED) is 0.910. The van der Waals surface area contributed by atoms with Crippen LogP contribution in [0.1, 0.15) is 45.3 Å². The second kappa shape index (κ2) is 6.48. The first kappa shape index (κ1) is 16.3. The number of amides is 1. The van der Waals surface area contributed by atoms with Crippen LogP contribution in [0.2, 0.25) is 0 Å². The summed E-state index contributed by atoms with van der Waals surface area (Å²) in [5, 5.41) is 13.3. The number of morpholine rings is 1. The molecule has 0 radical (unpaired) electrons. The molecular formula is C16H19N3O5. The van der Waals surface area contributed by atoms with Gasteiger partial charge in [0.15, 0.2) is 5.76 Å². The molecule has 1 aliphatic rings. The second-order valence-electron chi connectivity index (χ2n) is 5.66. The number of aromatic carboxylic acids is 1. The lowest BCUT2D eigenvalue weighted by Crippen LogP contribution is -2.42. The highest BCUT2D eigenvalue weighted by atomic mass is 16.5. The number of hydrogen-bond donors (Lipinski definition) is 1. The van der Waals surface area contributed by atoms with E-state index in [4.69, 9.17) is 9.15 Å². The second-order valence-corrected chi connectivity index (χ2v) is 5.66. The first-order valence-electron chi connectivity index (χ1n) is 7.75. The van der Waals surface area contributed by atoms with E-state index >= 15 is 0 Å². The van der Waals surface area contributed by atoms with E-state index in [1.807, 2.05) is 13.2 Å². The minimum absolute atomic E-state index is 0.0397. The maximum Gasteiger partial charge on any atom is 0.339 e. The molecule has 1 amide bonds. The molecule has 1 N–H and O–H groups in total. The summed E-state index contributed by atoms with van der Waals surface area (Å²) in [6, 6.07) is 1.30. The first-order chi connectivity index (χ1) is 11.5. The summed E-state index contributed by atoms with van der Waals surface area (Å²) in [4.78, 5) is 25.5. The van der Waals surface area contributed by atoms with Gasteiger partial charge in [0.2, 0.25) is 0 Å². The van der Waals surface area contributed by atoms with Gasteiger partial charge in [0.05, 0.1) is 19.3 Å². The number of carbonyl (C=O) groups excluding carboxylic acids is 1. The van der Waals surface area contributed by atoms with Crippen molar-refractivity contribution in [1.29, 1.82) is 0 Å². The highest BCUT2D eigenvalue weighted by Crippen LogP contribution is 2.24. The third kappa shape index (κ3) is 3.05. The molecule has 0 aliphatic carbocycles. The third-order valence-corrected chi connectivity index (χ3v) is 4.02. The van der Waals surface area contributed by atoms with Gasteiger partial charge in [-0.25, -0.2) is 4.79 Å². The Morgan fingerprint density at radius 3 is 2.83 bits per heavy atom. The van der Waals surface area contributed by atoms with E-state index in [2.05, 4.69) is 5.10 Å². The minimum atomic E-state index is -1.09. The van der Waals surface area contributed by atoms with Gasteiger partial charge in [-0.1, -0.05) is 6.92 Å². The van der Waals surface area contributed by atoms with Crippen molar-refractivity contribution in [3.05, 3.63) is 41.1 Å². The van der Waals surface area contributed by atoms with Crippen LogP contribution in [0.4, 0.5) is 0 Å².